The zero-order valence-corrected chi connectivity index (χ0v) is 15.1. The molecule has 1 amide bonds. The van der Waals surface area contributed by atoms with Gasteiger partial charge in [-0.05, 0) is 53.3 Å². The molecular weight excluding hydrogens is 330 g/mol. The number of benzene rings is 2. The standard InChI is InChI=1S/C21H23NO4/c1-24-19-11-14-4-5-17(16(14)12-20(19)25-2)22-21(23)10-13-3-6-18-15(9-13)7-8-26-18/h3,6,9,11-12,17H,4-5,7-8,10H2,1-2H3,(H,22,23)/t17-/m0/s1. The number of hydrogen-bond acceptors (Lipinski definition) is 4. The number of ether oxygens (including phenoxy) is 3. The first-order valence-electron chi connectivity index (χ1n) is 8.96. The lowest BCUT2D eigenvalue weighted by Gasteiger charge is -2.16. The predicted molar refractivity (Wildman–Crippen MR) is 98.1 cm³/mol. The molecule has 1 aliphatic heterocycles. The number of amides is 1. The number of rotatable bonds is 5. The molecule has 1 aliphatic carbocycles. The van der Waals surface area contributed by atoms with Gasteiger partial charge in [0.2, 0.25) is 5.91 Å². The van der Waals surface area contributed by atoms with Crippen molar-refractivity contribution in [3.05, 3.63) is 52.6 Å². The molecule has 4 rings (SSSR count). The summed E-state index contributed by atoms with van der Waals surface area (Å²) in [7, 11) is 3.27. The lowest BCUT2D eigenvalue weighted by molar-refractivity contribution is -0.121. The van der Waals surface area contributed by atoms with Crippen LogP contribution in [0, 0.1) is 0 Å². The molecule has 0 saturated heterocycles. The van der Waals surface area contributed by atoms with Gasteiger partial charge in [0, 0.05) is 6.42 Å². The highest BCUT2D eigenvalue weighted by molar-refractivity contribution is 5.79. The van der Waals surface area contributed by atoms with E-state index >= 15 is 0 Å². The fourth-order valence-electron chi connectivity index (χ4n) is 3.86. The van der Waals surface area contributed by atoms with Gasteiger partial charge in [-0.25, -0.2) is 0 Å². The average molecular weight is 353 g/mol. The molecule has 0 aromatic heterocycles. The first-order chi connectivity index (χ1) is 12.7. The van der Waals surface area contributed by atoms with Gasteiger partial charge in [-0.1, -0.05) is 12.1 Å². The Hall–Kier alpha value is -2.69. The maximum absolute atomic E-state index is 12.6. The van der Waals surface area contributed by atoms with Gasteiger partial charge < -0.3 is 19.5 Å². The molecule has 1 N–H and O–H groups in total. The van der Waals surface area contributed by atoms with Crippen LogP contribution >= 0.6 is 0 Å². The maximum Gasteiger partial charge on any atom is 0.224 e. The van der Waals surface area contributed by atoms with Crippen LogP contribution in [-0.4, -0.2) is 26.7 Å². The molecule has 2 aliphatic rings. The lowest BCUT2D eigenvalue weighted by Crippen LogP contribution is -2.28. The van der Waals surface area contributed by atoms with Crippen molar-refractivity contribution in [1.29, 1.82) is 0 Å². The van der Waals surface area contributed by atoms with Crippen LogP contribution in [0.1, 0.15) is 34.7 Å². The number of aryl methyl sites for hydroxylation is 1. The van der Waals surface area contributed by atoms with Crippen LogP contribution in [0.4, 0.5) is 0 Å². The van der Waals surface area contributed by atoms with Crippen molar-refractivity contribution in [2.45, 2.75) is 31.7 Å². The smallest absolute Gasteiger partial charge is 0.224 e. The van der Waals surface area contributed by atoms with Crippen molar-refractivity contribution in [3.8, 4) is 17.2 Å². The Labute approximate surface area is 153 Å². The van der Waals surface area contributed by atoms with Gasteiger partial charge in [0.1, 0.15) is 5.75 Å². The van der Waals surface area contributed by atoms with E-state index in [1.807, 2.05) is 24.3 Å². The number of hydrogen-bond donors (Lipinski definition) is 1. The van der Waals surface area contributed by atoms with Crippen LogP contribution < -0.4 is 19.5 Å². The van der Waals surface area contributed by atoms with Gasteiger partial charge in [0.15, 0.2) is 11.5 Å². The van der Waals surface area contributed by atoms with E-state index in [1.165, 1.54) is 11.1 Å². The molecule has 2 aromatic carbocycles. The Bertz CT molecular complexity index is 846. The SMILES string of the molecule is COc1cc2c(cc1OC)[C@@H](NC(=O)Cc1ccc3c(c1)CCO3)CC2. The summed E-state index contributed by atoms with van der Waals surface area (Å²) in [5, 5.41) is 3.17. The number of carbonyl (C=O) groups excluding carboxylic acids is 1. The summed E-state index contributed by atoms with van der Waals surface area (Å²) in [6.07, 6.45) is 3.13. The molecule has 5 nitrogen and oxygen atoms in total. The first kappa shape index (κ1) is 16.8. The zero-order valence-electron chi connectivity index (χ0n) is 15.1. The topological polar surface area (TPSA) is 56.8 Å². The Morgan fingerprint density at radius 3 is 2.73 bits per heavy atom. The minimum absolute atomic E-state index is 0.0232. The number of fused-ring (bicyclic) bond motifs is 2. The minimum Gasteiger partial charge on any atom is -0.493 e. The zero-order chi connectivity index (χ0) is 18.1. The van der Waals surface area contributed by atoms with Gasteiger partial charge in [-0.3, -0.25) is 4.79 Å². The first-order valence-corrected chi connectivity index (χ1v) is 8.96. The normalized spacial score (nSPS) is 17.2. The second kappa shape index (κ2) is 6.90. The van der Waals surface area contributed by atoms with Gasteiger partial charge in [-0.15, -0.1) is 0 Å². The van der Waals surface area contributed by atoms with Crippen molar-refractivity contribution in [3.63, 3.8) is 0 Å². The van der Waals surface area contributed by atoms with Crippen LogP contribution in [0.2, 0.25) is 0 Å². The monoisotopic (exact) mass is 353 g/mol. The van der Waals surface area contributed by atoms with E-state index in [0.717, 1.165) is 48.5 Å². The Balaban J connectivity index is 1.46. The van der Waals surface area contributed by atoms with Crippen molar-refractivity contribution >= 4 is 5.91 Å². The molecule has 0 fully saturated rings. The summed E-state index contributed by atoms with van der Waals surface area (Å²) in [5.41, 5.74) is 4.55. The molecule has 5 heteroatoms. The van der Waals surface area contributed by atoms with E-state index in [-0.39, 0.29) is 11.9 Å². The van der Waals surface area contributed by atoms with Crippen LogP contribution in [0.3, 0.4) is 0 Å². The Kier molecular flexibility index (Phi) is 4.45. The summed E-state index contributed by atoms with van der Waals surface area (Å²) in [5.74, 6) is 2.42. The molecule has 26 heavy (non-hydrogen) atoms. The molecule has 0 bridgehead atoms. The Morgan fingerprint density at radius 2 is 1.92 bits per heavy atom. The Morgan fingerprint density at radius 1 is 1.12 bits per heavy atom. The molecule has 1 heterocycles. The molecule has 0 radical (unpaired) electrons. The molecule has 2 aromatic rings. The fourth-order valence-corrected chi connectivity index (χ4v) is 3.86. The quantitative estimate of drug-likeness (QED) is 0.898. The number of nitrogens with one attached hydrogen (secondary N) is 1. The lowest BCUT2D eigenvalue weighted by atomic mass is 10.0. The van der Waals surface area contributed by atoms with Gasteiger partial charge in [0.25, 0.3) is 0 Å². The summed E-state index contributed by atoms with van der Waals surface area (Å²) in [6.45, 7) is 0.731. The van der Waals surface area contributed by atoms with Crippen molar-refractivity contribution < 1.29 is 19.0 Å². The molecule has 0 saturated carbocycles. The number of methoxy groups -OCH3 is 2. The van der Waals surface area contributed by atoms with Crippen LogP contribution in [0.15, 0.2) is 30.3 Å². The van der Waals surface area contributed by atoms with Crippen LogP contribution in [0.25, 0.3) is 0 Å². The second-order valence-corrected chi connectivity index (χ2v) is 6.78. The largest absolute Gasteiger partial charge is 0.493 e. The maximum atomic E-state index is 12.6. The number of carbonyl (C=O) groups is 1. The van der Waals surface area contributed by atoms with Crippen LogP contribution in [0.5, 0.6) is 17.2 Å². The van der Waals surface area contributed by atoms with E-state index in [4.69, 9.17) is 14.2 Å². The average Bonchev–Trinajstić information content (AvgIpc) is 3.26. The van der Waals surface area contributed by atoms with E-state index < -0.39 is 0 Å². The highest BCUT2D eigenvalue weighted by Gasteiger charge is 2.26. The van der Waals surface area contributed by atoms with Crippen molar-refractivity contribution in [1.82, 2.24) is 5.32 Å². The van der Waals surface area contributed by atoms with E-state index in [9.17, 15) is 4.79 Å². The van der Waals surface area contributed by atoms with Gasteiger partial charge >= 0.3 is 0 Å². The highest BCUT2D eigenvalue weighted by Crippen LogP contribution is 2.39. The second-order valence-electron chi connectivity index (χ2n) is 6.78. The summed E-state index contributed by atoms with van der Waals surface area (Å²) >= 11 is 0. The third-order valence-corrected chi connectivity index (χ3v) is 5.18. The van der Waals surface area contributed by atoms with Gasteiger partial charge in [-0.2, -0.15) is 0 Å². The van der Waals surface area contributed by atoms with E-state index in [0.29, 0.717) is 12.2 Å². The summed E-state index contributed by atoms with van der Waals surface area (Å²) < 4.78 is 16.3. The highest BCUT2D eigenvalue weighted by atomic mass is 16.5. The molecule has 1 atom stereocenters. The van der Waals surface area contributed by atoms with Gasteiger partial charge in [0.05, 0.1) is 33.3 Å². The third-order valence-electron chi connectivity index (χ3n) is 5.18. The van der Waals surface area contributed by atoms with Crippen molar-refractivity contribution in [2.75, 3.05) is 20.8 Å². The molecule has 0 spiro atoms. The summed E-state index contributed by atoms with van der Waals surface area (Å²) in [4.78, 5) is 12.6. The molecular formula is C21H23NO4. The fraction of sp³-hybridized carbons (Fsp3) is 0.381. The molecule has 136 valence electrons. The van der Waals surface area contributed by atoms with E-state index in [1.54, 1.807) is 14.2 Å². The van der Waals surface area contributed by atoms with Crippen molar-refractivity contribution in [2.24, 2.45) is 0 Å². The minimum atomic E-state index is 0.0232. The van der Waals surface area contributed by atoms with E-state index in [2.05, 4.69) is 11.4 Å². The molecule has 0 unspecified atom stereocenters. The third kappa shape index (κ3) is 3.09. The predicted octanol–water partition coefficient (Wildman–Crippen LogP) is 2.98. The van der Waals surface area contributed by atoms with Crippen LogP contribution in [-0.2, 0) is 24.1 Å². The summed E-state index contributed by atoms with van der Waals surface area (Å²) in [6, 6.07) is 10.0.